The van der Waals surface area contributed by atoms with Crippen LogP contribution < -0.4 is 9.62 Å². The van der Waals surface area contributed by atoms with E-state index in [1.54, 1.807) is 23.9 Å². The van der Waals surface area contributed by atoms with Crippen molar-refractivity contribution in [1.29, 1.82) is 5.26 Å². The fourth-order valence-electron chi connectivity index (χ4n) is 5.10. The highest BCUT2D eigenvalue weighted by Gasteiger charge is 2.32. The van der Waals surface area contributed by atoms with Crippen LogP contribution in [-0.4, -0.2) is 61.6 Å². The molecule has 0 atom stereocenters. The molecule has 3 aromatic rings. The van der Waals surface area contributed by atoms with Crippen LogP contribution in [0.5, 0.6) is 0 Å². The number of nitrogens with one attached hydrogen (secondary N) is 1. The van der Waals surface area contributed by atoms with Crippen LogP contribution in [0.15, 0.2) is 36.4 Å². The van der Waals surface area contributed by atoms with Gasteiger partial charge in [-0.15, -0.1) is 0 Å². The molecule has 0 bridgehead atoms. The second kappa shape index (κ2) is 10.5. The van der Waals surface area contributed by atoms with E-state index in [1.165, 1.54) is 0 Å². The van der Waals surface area contributed by atoms with Crippen LogP contribution >= 0.6 is 0 Å². The number of rotatable bonds is 8. The summed E-state index contributed by atoms with van der Waals surface area (Å²) in [7, 11) is -2.38. The summed E-state index contributed by atoms with van der Waals surface area (Å²) in [4.78, 5) is 20.0. The van der Waals surface area contributed by atoms with Gasteiger partial charge in [-0.3, -0.25) is 4.79 Å². The lowest BCUT2D eigenvalue weighted by Gasteiger charge is -2.34. The lowest BCUT2D eigenvalue weighted by molar-refractivity contribution is 0.0977. The maximum atomic E-state index is 13.1. The van der Waals surface area contributed by atoms with Gasteiger partial charge < -0.3 is 9.64 Å². The van der Waals surface area contributed by atoms with Crippen LogP contribution in [0.25, 0.3) is 16.7 Å². The van der Waals surface area contributed by atoms with Gasteiger partial charge in [0.1, 0.15) is 5.69 Å². The monoisotopic (exact) mass is 522 g/mol. The predicted molar refractivity (Wildman–Crippen MR) is 139 cm³/mol. The van der Waals surface area contributed by atoms with Crippen LogP contribution in [0.1, 0.15) is 54.2 Å². The van der Waals surface area contributed by atoms with Crippen molar-refractivity contribution < 1.29 is 17.9 Å². The molecule has 0 unspecified atom stereocenters. The van der Waals surface area contributed by atoms with E-state index in [2.05, 4.69) is 9.88 Å². The minimum atomic E-state index is -4.10. The molecular weight excluding hydrogens is 492 g/mol. The van der Waals surface area contributed by atoms with E-state index in [0.717, 1.165) is 67.6 Å². The number of hydrogen-bond acceptors (Lipinski definition) is 8. The molecule has 1 aliphatic heterocycles. The third-order valence-corrected chi connectivity index (χ3v) is 8.24. The van der Waals surface area contributed by atoms with E-state index in [0.29, 0.717) is 24.1 Å². The van der Waals surface area contributed by atoms with Gasteiger partial charge in [0, 0.05) is 32.7 Å². The summed E-state index contributed by atoms with van der Waals surface area (Å²) in [6, 6.07) is 12.9. The standard InChI is InChI=1S/C26H30N6O4S/c1-36-17-18-10-13-31(14-11-18)22-16-21(26(33)30-37(34,35)15-12-27)28-25-23(22)24(19-6-5-7-19)29-32(25)20-8-3-2-4-9-20/h2-4,8-9,16,18-19H,5-7,10-11,13-15,17H2,1H3,(H,30,33). The molecule has 0 radical (unpaired) electrons. The molecule has 1 saturated heterocycles. The van der Waals surface area contributed by atoms with Crippen molar-refractivity contribution >= 4 is 32.7 Å². The zero-order valence-electron chi connectivity index (χ0n) is 20.8. The van der Waals surface area contributed by atoms with E-state index in [1.807, 2.05) is 35.1 Å². The Kier molecular flexibility index (Phi) is 7.13. The number of aromatic nitrogens is 3. The third-order valence-electron chi connectivity index (χ3n) is 7.23. The summed E-state index contributed by atoms with van der Waals surface area (Å²) >= 11 is 0. The molecule has 1 aromatic carbocycles. The smallest absolute Gasteiger partial charge is 0.283 e. The number of nitrogens with zero attached hydrogens (tertiary/aromatic N) is 5. The Labute approximate surface area is 216 Å². The van der Waals surface area contributed by atoms with Crippen molar-refractivity contribution in [2.24, 2.45) is 5.92 Å². The Morgan fingerprint density at radius 1 is 1.19 bits per heavy atom. The zero-order valence-corrected chi connectivity index (χ0v) is 21.6. The van der Waals surface area contributed by atoms with Crippen LogP contribution in [-0.2, 0) is 14.8 Å². The molecule has 1 saturated carbocycles. The molecule has 1 amide bonds. The van der Waals surface area contributed by atoms with Crippen LogP contribution in [0.4, 0.5) is 5.69 Å². The Morgan fingerprint density at radius 2 is 1.92 bits per heavy atom. The number of benzene rings is 1. The maximum absolute atomic E-state index is 13.1. The minimum absolute atomic E-state index is 0.0275. The van der Waals surface area contributed by atoms with Gasteiger partial charge >= 0.3 is 0 Å². The summed E-state index contributed by atoms with van der Waals surface area (Å²) < 4.78 is 33.4. The number of hydrogen-bond donors (Lipinski definition) is 1. The van der Waals surface area contributed by atoms with E-state index in [4.69, 9.17) is 15.1 Å². The molecule has 0 spiro atoms. The summed E-state index contributed by atoms with van der Waals surface area (Å²) in [6.07, 6.45) is 5.13. The molecule has 3 heterocycles. The second-order valence-electron chi connectivity index (χ2n) is 9.72. The van der Waals surface area contributed by atoms with Crippen LogP contribution in [0.2, 0.25) is 0 Å². The Morgan fingerprint density at radius 3 is 2.54 bits per heavy atom. The number of fused-ring (bicyclic) bond motifs is 1. The lowest BCUT2D eigenvalue weighted by atomic mass is 9.82. The van der Waals surface area contributed by atoms with Crippen LogP contribution in [0, 0.1) is 17.2 Å². The van der Waals surface area contributed by atoms with Gasteiger partial charge in [0.25, 0.3) is 5.91 Å². The number of amides is 1. The van der Waals surface area contributed by atoms with Gasteiger partial charge in [0.15, 0.2) is 11.4 Å². The normalized spacial score (nSPS) is 16.9. The highest BCUT2D eigenvalue weighted by molar-refractivity contribution is 7.90. The molecule has 5 rings (SSSR count). The quantitative estimate of drug-likeness (QED) is 0.478. The zero-order chi connectivity index (χ0) is 26.0. The maximum Gasteiger partial charge on any atom is 0.283 e. The van der Waals surface area contributed by atoms with Crippen molar-refractivity contribution in [3.8, 4) is 11.8 Å². The van der Waals surface area contributed by atoms with Gasteiger partial charge in [-0.1, -0.05) is 24.6 Å². The number of sulfonamides is 1. The molecule has 2 aliphatic rings. The number of nitriles is 1. The Hall–Kier alpha value is -3.49. The second-order valence-corrected chi connectivity index (χ2v) is 11.4. The van der Waals surface area contributed by atoms with E-state index >= 15 is 0 Å². The number of carbonyl (C=O) groups is 1. The molecule has 10 nitrogen and oxygen atoms in total. The summed E-state index contributed by atoms with van der Waals surface area (Å²) in [6.45, 7) is 2.27. The molecule has 2 aromatic heterocycles. The first-order chi connectivity index (χ1) is 17.9. The van der Waals surface area contributed by atoms with Crippen molar-refractivity contribution in [2.75, 3.05) is 37.5 Å². The summed E-state index contributed by atoms with van der Waals surface area (Å²) in [5.74, 6) is -0.890. The molecule has 1 aliphatic carbocycles. The molecule has 194 valence electrons. The van der Waals surface area contributed by atoms with Crippen LogP contribution in [0.3, 0.4) is 0 Å². The molecule has 1 N–H and O–H groups in total. The topological polar surface area (TPSA) is 130 Å². The third kappa shape index (κ3) is 5.17. The van der Waals surface area contributed by atoms with Crippen molar-refractivity contribution in [3.05, 3.63) is 47.8 Å². The first-order valence-electron chi connectivity index (χ1n) is 12.5. The first-order valence-corrected chi connectivity index (χ1v) is 14.2. The highest BCUT2D eigenvalue weighted by Crippen LogP contribution is 2.43. The van der Waals surface area contributed by atoms with Crippen molar-refractivity contribution in [1.82, 2.24) is 19.5 Å². The van der Waals surface area contributed by atoms with Gasteiger partial charge in [-0.25, -0.2) is 22.8 Å². The fourth-order valence-corrected chi connectivity index (χ4v) is 5.72. The van der Waals surface area contributed by atoms with E-state index in [9.17, 15) is 13.2 Å². The minimum Gasteiger partial charge on any atom is -0.384 e. The van der Waals surface area contributed by atoms with Gasteiger partial charge in [-0.05, 0) is 49.8 Å². The van der Waals surface area contributed by atoms with Gasteiger partial charge in [0.05, 0.1) is 28.5 Å². The number of para-hydroxylation sites is 1. The average molecular weight is 523 g/mol. The average Bonchev–Trinajstić information content (AvgIpc) is 3.22. The highest BCUT2D eigenvalue weighted by atomic mass is 32.2. The van der Waals surface area contributed by atoms with Crippen molar-refractivity contribution in [2.45, 2.75) is 38.0 Å². The van der Waals surface area contributed by atoms with Gasteiger partial charge in [0.2, 0.25) is 10.0 Å². The van der Waals surface area contributed by atoms with Gasteiger partial charge in [-0.2, -0.15) is 10.4 Å². The molecule has 37 heavy (non-hydrogen) atoms. The largest absolute Gasteiger partial charge is 0.384 e. The van der Waals surface area contributed by atoms with E-state index in [-0.39, 0.29) is 5.69 Å². The van der Waals surface area contributed by atoms with Crippen molar-refractivity contribution in [3.63, 3.8) is 0 Å². The fraction of sp³-hybridized carbons (Fsp3) is 0.462. The predicted octanol–water partition coefficient (Wildman–Crippen LogP) is 3.13. The number of methoxy groups -OCH3 is 1. The number of piperidine rings is 1. The number of anilines is 1. The SMILES string of the molecule is COCC1CCN(c2cc(C(=O)NS(=O)(=O)CC#N)nc3c2c(C2CCC2)nn3-c2ccccc2)CC1. The summed E-state index contributed by atoms with van der Waals surface area (Å²) in [5, 5.41) is 14.7. The first kappa shape index (κ1) is 25.2. The Bertz CT molecular complexity index is 1440. The molecule has 2 fully saturated rings. The lowest BCUT2D eigenvalue weighted by Crippen LogP contribution is -2.36. The van der Waals surface area contributed by atoms with E-state index < -0.39 is 21.7 Å². The number of ether oxygens (including phenoxy) is 1. The molecular formula is C26H30N6O4S. The number of pyridine rings is 1. The summed E-state index contributed by atoms with van der Waals surface area (Å²) in [5.41, 5.74) is 3.11. The Balaban J connectivity index is 1.66. The molecule has 11 heteroatoms. The number of carbonyl (C=O) groups excluding carboxylic acids is 1.